The van der Waals surface area contributed by atoms with E-state index in [0.29, 0.717) is 0 Å². The van der Waals surface area contributed by atoms with E-state index in [1.54, 1.807) is 32.9 Å². The highest BCUT2D eigenvalue weighted by Gasteiger charge is 2.21. The fourth-order valence-electron chi connectivity index (χ4n) is 2.51. The Morgan fingerprint density at radius 3 is 2.61 bits per heavy atom. The summed E-state index contributed by atoms with van der Waals surface area (Å²) in [6, 6.07) is 4.81. The minimum absolute atomic E-state index is 0.143. The van der Waals surface area contributed by atoms with Crippen LogP contribution in [0.1, 0.15) is 52.0 Å². The number of nitrogens with zero attached hydrogens (tertiary/aromatic N) is 1. The summed E-state index contributed by atoms with van der Waals surface area (Å²) in [7, 11) is 0. The Morgan fingerprint density at radius 2 is 2.04 bits per heavy atom. The van der Waals surface area contributed by atoms with E-state index in [9.17, 15) is 14.9 Å². The summed E-state index contributed by atoms with van der Waals surface area (Å²) < 4.78 is 5.17. The lowest BCUT2D eigenvalue weighted by Gasteiger charge is -2.20. The third-order valence-corrected chi connectivity index (χ3v) is 3.49. The van der Waals surface area contributed by atoms with Crippen LogP contribution >= 0.6 is 0 Å². The smallest absolute Gasteiger partial charge is 0.412 e. The van der Waals surface area contributed by atoms with Crippen LogP contribution in [0.15, 0.2) is 24.3 Å². The van der Waals surface area contributed by atoms with E-state index >= 15 is 0 Å². The van der Waals surface area contributed by atoms with Gasteiger partial charge in [-0.15, -0.1) is 0 Å². The lowest BCUT2D eigenvalue weighted by molar-refractivity contribution is -0.383. The van der Waals surface area contributed by atoms with Gasteiger partial charge in [0.15, 0.2) is 0 Å². The van der Waals surface area contributed by atoms with Gasteiger partial charge in [0.2, 0.25) is 0 Å². The number of ether oxygens (including phenoxy) is 1. The van der Waals surface area contributed by atoms with Gasteiger partial charge < -0.3 is 4.74 Å². The second-order valence-corrected chi connectivity index (χ2v) is 6.59. The number of amides is 1. The molecule has 6 nitrogen and oxygen atoms in total. The number of carbonyl (C=O) groups excluding carboxylic acids is 1. The van der Waals surface area contributed by atoms with Crippen LogP contribution in [0.25, 0.3) is 5.57 Å². The van der Waals surface area contributed by atoms with Crippen LogP contribution in [0.4, 0.5) is 16.2 Å². The monoisotopic (exact) mass is 318 g/mol. The molecule has 2 rings (SSSR count). The third kappa shape index (κ3) is 4.81. The number of benzene rings is 1. The summed E-state index contributed by atoms with van der Waals surface area (Å²) in [5.74, 6) is 0. The van der Waals surface area contributed by atoms with Gasteiger partial charge in [0.05, 0.1) is 4.92 Å². The van der Waals surface area contributed by atoms with Crippen molar-refractivity contribution in [2.45, 2.75) is 52.1 Å². The van der Waals surface area contributed by atoms with Crippen LogP contribution in [-0.4, -0.2) is 16.6 Å². The zero-order chi connectivity index (χ0) is 17.0. The van der Waals surface area contributed by atoms with Gasteiger partial charge in [0.1, 0.15) is 11.3 Å². The standard InChI is InChI=1S/C17H22N2O4/c1-17(2,3)23-16(20)18-14-11-13(9-10-15(14)19(21)22)12-7-5-4-6-8-12/h7,9-11H,4-6,8H2,1-3H3,(H,18,20). The molecule has 0 aliphatic heterocycles. The molecule has 1 aromatic carbocycles. The molecule has 0 heterocycles. The zero-order valence-corrected chi connectivity index (χ0v) is 13.7. The molecular formula is C17H22N2O4. The van der Waals surface area contributed by atoms with Gasteiger partial charge in [0.25, 0.3) is 5.69 Å². The molecule has 0 saturated heterocycles. The summed E-state index contributed by atoms with van der Waals surface area (Å²) in [6.07, 6.45) is 5.69. The van der Waals surface area contributed by atoms with Gasteiger partial charge in [-0.3, -0.25) is 15.4 Å². The summed E-state index contributed by atoms with van der Waals surface area (Å²) >= 11 is 0. The molecule has 0 radical (unpaired) electrons. The highest BCUT2D eigenvalue weighted by atomic mass is 16.6. The van der Waals surface area contributed by atoms with Crippen molar-refractivity contribution in [3.8, 4) is 0 Å². The molecule has 124 valence electrons. The quantitative estimate of drug-likeness (QED) is 0.635. The van der Waals surface area contributed by atoms with Crippen LogP contribution < -0.4 is 5.32 Å². The number of carbonyl (C=O) groups is 1. The van der Waals surface area contributed by atoms with E-state index in [2.05, 4.69) is 11.4 Å². The van der Waals surface area contributed by atoms with Crippen LogP contribution in [-0.2, 0) is 4.74 Å². The Kier molecular flexibility index (Phi) is 5.03. The Bertz CT molecular complexity index is 644. The minimum atomic E-state index is -0.699. The molecule has 0 saturated carbocycles. The number of hydrogen-bond donors (Lipinski definition) is 1. The molecule has 0 spiro atoms. The topological polar surface area (TPSA) is 81.5 Å². The first-order valence-corrected chi connectivity index (χ1v) is 7.74. The lowest BCUT2D eigenvalue weighted by Crippen LogP contribution is -2.27. The molecule has 0 bridgehead atoms. The Balaban J connectivity index is 2.29. The van der Waals surface area contributed by atoms with Gasteiger partial charge >= 0.3 is 6.09 Å². The molecule has 1 amide bonds. The summed E-state index contributed by atoms with van der Waals surface area (Å²) in [5.41, 5.74) is 1.42. The van der Waals surface area contributed by atoms with Crippen molar-refractivity contribution in [3.05, 3.63) is 40.0 Å². The second kappa shape index (κ2) is 6.81. The highest BCUT2D eigenvalue weighted by Crippen LogP contribution is 2.32. The molecular weight excluding hydrogens is 296 g/mol. The fraction of sp³-hybridized carbons (Fsp3) is 0.471. The number of nitro groups is 1. The number of anilines is 1. The number of nitrogens with one attached hydrogen (secondary N) is 1. The highest BCUT2D eigenvalue weighted by molar-refractivity contribution is 5.89. The molecule has 6 heteroatoms. The van der Waals surface area contributed by atoms with Crippen molar-refractivity contribution in [3.63, 3.8) is 0 Å². The normalized spacial score (nSPS) is 14.8. The van der Waals surface area contributed by atoms with Crippen molar-refractivity contribution in [2.75, 3.05) is 5.32 Å². The van der Waals surface area contributed by atoms with E-state index in [1.165, 1.54) is 18.1 Å². The summed E-state index contributed by atoms with van der Waals surface area (Å²) in [5, 5.41) is 13.7. The predicted molar refractivity (Wildman–Crippen MR) is 89.4 cm³/mol. The maximum Gasteiger partial charge on any atom is 0.412 e. The maximum absolute atomic E-state index is 11.9. The average molecular weight is 318 g/mol. The average Bonchev–Trinajstić information content (AvgIpc) is 2.45. The number of allylic oxidation sites excluding steroid dienone is 2. The van der Waals surface area contributed by atoms with Crippen LogP contribution in [0, 0.1) is 10.1 Å². The Morgan fingerprint density at radius 1 is 1.30 bits per heavy atom. The molecule has 0 unspecified atom stereocenters. The molecule has 0 fully saturated rings. The molecule has 1 aliphatic rings. The number of rotatable bonds is 3. The van der Waals surface area contributed by atoms with Gasteiger partial charge in [-0.2, -0.15) is 0 Å². The molecule has 1 N–H and O–H groups in total. The first-order valence-electron chi connectivity index (χ1n) is 7.74. The first kappa shape index (κ1) is 17.0. The maximum atomic E-state index is 11.9. The SMILES string of the molecule is CC(C)(C)OC(=O)Nc1cc(C2=CCCCC2)ccc1[N+](=O)[O-]. The number of hydrogen-bond acceptors (Lipinski definition) is 4. The van der Waals surface area contributed by atoms with Crippen LogP contribution in [0.3, 0.4) is 0 Å². The zero-order valence-electron chi connectivity index (χ0n) is 13.7. The second-order valence-electron chi connectivity index (χ2n) is 6.59. The summed E-state index contributed by atoms with van der Waals surface area (Å²) in [4.78, 5) is 22.6. The molecule has 0 atom stereocenters. The first-order chi connectivity index (χ1) is 10.8. The number of nitro benzene ring substituents is 1. The largest absolute Gasteiger partial charge is 0.444 e. The molecule has 23 heavy (non-hydrogen) atoms. The van der Waals surface area contributed by atoms with Gasteiger partial charge in [-0.05, 0) is 69.7 Å². The van der Waals surface area contributed by atoms with E-state index in [-0.39, 0.29) is 11.4 Å². The van der Waals surface area contributed by atoms with Crippen molar-refractivity contribution >= 4 is 23.0 Å². The van der Waals surface area contributed by atoms with Crippen molar-refractivity contribution < 1.29 is 14.5 Å². The van der Waals surface area contributed by atoms with Crippen molar-refractivity contribution in [1.29, 1.82) is 0 Å². The Labute approximate surface area is 135 Å². The van der Waals surface area contributed by atoms with Gasteiger partial charge in [0, 0.05) is 6.07 Å². The van der Waals surface area contributed by atoms with Crippen LogP contribution in [0.2, 0.25) is 0 Å². The Hall–Kier alpha value is -2.37. The predicted octanol–water partition coefficient (Wildman–Crippen LogP) is 4.90. The van der Waals surface area contributed by atoms with Crippen LogP contribution in [0.5, 0.6) is 0 Å². The molecule has 1 aromatic rings. The summed E-state index contributed by atoms with van der Waals surface area (Å²) in [6.45, 7) is 5.22. The fourth-order valence-corrected chi connectivity index (χ4v) is 2.51. The van der Waals surface area contributed by atoms with Gasteiger partial charge in [-0.1, -0.05) is 6.08 Å². The van der Waals surface area contributed by atoms with E-state index in [0.717, 1.165) is 24.8 Å². The lowest BCUT2D eigenvalue weighted by atomic mass is 9.93. The van der Waals surface area contributed by atoms with Gasteiger partial charge in [-0.25, -0.2) is 4.79 Å². The van der Waals surface area contributed by atoms with E-state index in [4.69, 9.17) is 4.74 Å². The van der Waals surface area contributed by atoms with Crippen molar-refractivity contribution in [2.24, 2.45) is 0 Å². The third-order valence-electron chi connectivity index (χ3n) is 3.49. The van der Waals surface area contributed by atoms with E-state index < -0.39 is 16.6 Å². The molecule has 0 aromatic heterocycles. The molecule has 1 aliphatic carbocycles. The van der Waals surface area contributed by atoms with E-state index in [1.807, 2.05) is 0 Å². The van der Waals surface area contributed by atoms with Crippen molar-refractivity contribution in [1.82, 2.24) is 0 Å². The minimum Gasteiger partial charge on any atom is -0.444 e.